The number of nitrogens with zero attached hydrogens (tertiary/aromatic N) is 1. The third kappa shape index (κ3) is 2.85. The minimum atomic E-state index is -0.837. The summed E-state index contributed by atoms with van der Waals surface area (Å²) < 4.78 is 1.83. The molecule has 0 fully saturated rings. The second-order valence-electron chi connectivity index (χ2n) is 4.45. The number of aromatic nitrogens is 1. The molecule has 1 aromatic heterocycles. The number of carbonyl (C=O) groups is 1. The third-order valence-corrected chi connectivity index (χ3v) is 3.00. The largest absolute Gasteiger partial charge is 0.388 e. The average molecular weight is 224 g/mol. The molecule has 90 valence electrons. The molecular formula is C12H20N2O2. The molecule has 1 atom stereocenters. The van der Waals surface area contributed by atoms with Gasteiger partial charge in [0, 0.05) is 19.3 Å². The van der Waals surface area contributed by atoms with Crippen LogP contribution in [0.3, 0.4) is 0 Å². The van der Waals surface area contributed by atoms with Gasteiger partial charge < -0.3 is 15.0 Å². The van der Waals surface area contributed by atoms with Crippen LogP contribution in [0.1, 0.15) is 36.5 Å². The van der Waals surface area contributed by atoms with Crippen molar-refractivity contribution in [1.29, 1.82) is 0 Å². The van der Waals surface area contributed by atoms with Crippen LogP contribution in [0.2, 0.25) is 0 Å². The molecule has 1 rings (SSSR count). The zero-order chi connectivity index (χ0) is 12.3. The first-order valence-electron chi connectivity index (χ1n) is 5.50. The summed E-state index contributed by atoms with van der Waals surface area (Å²) in [6.07, 6.45) is 0.611. The molecular weight excluding hydrogens is 204 g/mol. The summed E-state index contributed by atoms with van der Waals surface area (Å²) >= 11 is 0. The summed E-state index contributed by atoms with van der Waals surface area (Å²) in [7, 11) is 1.85. The van der Waals surface area contributed by atoms with Gasteiger partial charge in [-0.2, -0.15) is 0 Å². The fraction of sp³-hybridized carbons (Fsp3) is 0.583. The van der Waals surface area contributed by atoms with Crippen LogP contribution in [0.5, 0.6) is 0 Å². The van der Waals surface area contributed by atoms with Gasteiger partial charge in [0.15, 0.2) is 0 Å². The number of amides is 1. The standard InChI is InChI=1S/C12H20N2O2/c1-5-12(3,16)8-13-11(15)10-7-6-9(2)14(10)4/h6-7,16H,5,8H2,1-4H3,(H,13,15). The molecule has 0 saturated heterocycles. The minimum absolute atomic E-state index is 0.149. The van der Waals surface area contributed by atoms with Crippen LogP contribution in [-0.2, 0) is 7.05 Å². The van der Waals surface area contributed by atoms with Crippen molar-refractivity contribution in [3.63, 3.8) is 0 Å². The first-order valence-corrected chi connectivity index (χ1v) is 5.50. The predicted molar refractivity (Wildman–Crippen MR) is 63.4 cm³/mol. The average Bonchev–Trinajstić information content (AvgIpc) is 2.57. The van der Waals surface area contributed by atoms with E-state index in [0.29, 0.717) is 12.1 Å². The van der Waals surface area contributed by atoms with Gasteiger partial charge in [-0.05, 0) is 32.4 Å². The highest BCUT2D eigenvalue weighted by Gasteiger charge is 2.19. The van der Waals surface area contributed by atoms with E-state index in [9.17, 15) is 9.90 Å². The van der Waals surface area contributed by atoms with Crippen LogP contribution in [0.25, 0.3) is 0 Å². The van der Waals surface area contributed by atoms with Gasteiger partial charge in [0.25, 0.3) is 5.91 Å². The Balaban J connectivity index is 2.64. The molecule has 0 aliphatic rings. The molecule has 16 heavy (non-hydrogen) atoms. The molecule has 2 N–H and O–H groups in total. The highest BCUT2D eigenvalue weighted by Crippen LogP contribution is 2.08. The Morgan fingerprint density at radius 1 is 1.56 bits per heavy atom. The van der Waals surface area contributed by atoms with Crippen molar-refractivity contribution in [3.8, 4) is 0 Å². The van der Waals surface area contributed by atoms with Crippen molar-refractivity contribution in [2.45, 2.75) is 32.8 Å². The summed E-state index contributed by atoms with van der Waals surface area (Å²) in [5.41, 5.74) is 0.812. The first-order chi connectivity index (χ1) is 7.37. The molecule has 0 bridgehead atoms. The van der Waals surface area contributed by atoms with Gasteiger partial charge in [-0.15, -0.1) is 0 Å². The maximum Gasteiger partial charge on any atom is 0.268 e. The van der Waals surface area contributed by atoms with Crippen LogP contribution in [-0.4, -0.2) is 27.7 Å². The number of rotatable bonds is 4. The van der Waals surface area contributed by atoms with Crippen LogP contribution < -0.4 is 5.32 Å². The lowest BCUT2D eigenvalue weighted by atomic mass is 10.0. The van der Waals surface area contributed by atoms with Crippen LogP contribution in [0.15, 0.2) is 12.1 Å². The molecule has 4 heteroatoms. The summed E-state index contributed by atoms with van der Waals surface area (Å²) in [6, 6.07) is 3.68. The van der Waals surface area contributed by atoms with Gasteiger partial charge in [-0.1, -0.05) is 6.92 Å². The number of carbonyl (C=O) groups excluding carboxylic acids is 1. The van der Waals surface area contributed by atoms with E-state index >= 15 is 0 Å². The Morgan fingerprint density at radius 3 is 2.62 bits per heavy atom. The highest BCUT2D eigenvalue weighted by atomic mass is 16.3. The molecule has 0 aromatic carbocycles. The number of aryl methyl sites for hydroxylation is 1. The van der Waals surface area contributed by atoms with E-state index in [0.717, 1.165) is 5.69 Å². The lowest BCUT2D eigenvalue weighted by Gasteiger charge is -2.21. The molecule has 1 unspecified atom stereocenters. The predicted octanol–water partition coefficient (Wildman–Crippen LogP) is 1.22. The molecule has 1 aromatic rings. The summed E-state index contributed by atoms with van der Waals surface area (Å²) in [4.78, 5) is 11.8. The fourth-order valence-electron chi connectivity index (χ4n) is 1.33. The zero-order valence-corrected chi connectivity index (χ0v) is 10.4. The van der Waals surface area contributed by atoms with E-state index in [1.807, 2.05) is 31.5 Å². The monoisotopic (exact) mass is 224 g/mol. The Morgan fingerprint density at radius 2 is 2.19 bits per heavy atom. The quantitative estimate of drug-likeness (QED) is 0.808. The topological polar surface area (TPSA) is 54.3 Å². The lowest BCUT2D eigenvalue weighted by molar-refractivity contribution is 0.0516. The van der Waals surface area contributed by atoms with Crippen molar-refractivity contribution >= 4 is 5.91 Å². The normalized spacial score (nSPS) is 14.6. The number of hydrogen-bond donors (Lipinski definition) is 2. The Bertz CT molecular complexity index is 380. The van der Waals surface area contributed by atoms with E-state index in [1.54, 1.807) is 13.0 Å². The number of aliphatic hydroxyl groups is 1. The molecule has 0 radical (unpaired) electrons. The maximum absolute atomic E-state index is 11.8. The second-order valence-corrected chi connectivity index (χ2v) is 4.45. The molecule has 4 nitrogen and oxygen atoms in total. The Kier molecular flexibility index (Phi) is 3.75. The summed E-state index contributed by atoms with van der Waals surface area (Å²) in [6.45, 7) is 5.81. The fourth-order valence-corrected chi connectivity index (χ4v) is 1.33. The van der Waals surface area contributed by atoms with Gasteiger partial charge in [0.2, 0.25) is 0 Å². The summed E-state index contributed by atoms with van der Waals surface area (Å²) in [5, 5.41) is 12.5. The van der Waals surface area contributed by atoms with Crippen molar-refractivity contribution < 1.29 is 9.90 Å². The molecule has 0 saturated carbocycles. The highest BCUT2D eigenvalue weighted by molar-refractivity contribution is 5.92. The van der Waals surface area contributed by atoms with Crippen LogP contribution in [0.4, 0.5) is 0 Å². The van der Waals surface area contributed by atoms with E-state index in [1.165, 1.54) is 0 Å². The SMILES string of the molecule is CCC(C)(O)CNC(=O)c1ccc(C)n1C. The molecule has 1 heterocycles. The third-order valence-electron chi connectivity index (χ3n) is 3.00. The zero-order valence-electron chi connectivity index (χ0n) is 10.4. The maximum atomic E-state index is 11.8. The molecule has 0 spiro atoms. The minimum Gasteiger partial charge on any atom is -0.388 e. The molecule has 1 amide bonds. The van der Waals surface area contributed by atoms with Gasteiger partial charge >= 0.3 is 0 Å². The van der Waals surface area contributed by atoms with Gasteiger partial charge in [-0.3, -0.25) is 4.79 Å². The van der Waals surface area contributed by atoms with Crippen molar-refractivity contribution in [1.82, 2.24) is 9.88 Å². The smallest absolute Gasteiger partial charge is 0.268 e. The molecule has 0 aliphatic carbocycles. The van der Waals surface area contributed by atoms with Crippen molar-refractivity contribution in [3.05, 3.63) is 23.5 Å². The summed E-state index contributed by atoms with van der Waals surface area (Å²) in [5.74, 6) is -0.149. The number of hydrogen-bond acceptors (Lipinski definition) is 2. The second kappa shape index (κ2) is 4.70. The van der Waals surface area contributed by atoms with Gasteiger partial charge in [0.1, 0.15) is 5.69 Å². The molecule has 0 aliphatic heterocycles. The Hall–Kier alpha value is -1.29. The lowest BCUT2D eigenvalue weighted by Crippen LogP contribution is -2.40. The van der Waals surface area contributed by atoms with Crippen LogP contribution in [0, 0.1) is 6.92 Å². The Labute approximate surface area is 96.3 Å². The van der Waals surface area contributed by atoms with E-state index < -0.39 is 5.60 Å². The van der Waals surface area contributed by atoms with Gasteiger partial charge in [0.05, 0.1) is 5.60 Å². The first kappa shape index (κ1) is 12.8. The van der Waals surface area contributed by atoms with Crippen molar-refractivity contribution in [2.24, 2.45) is 7.05 Å². The van der Waals surface area contributed by atoms with Gasteiger partial charge in [-0.25, -0.2) is 0 Å². The number of nitrogens with one attached hydrogen (secondary N) is 1. The van der Waals surface area contributed by atoms with E-state index in [2.05, 4.69) is 5.32 Å². The van der Waals surface area contributed by atoms with E-state index in [-0.39, 0.29) is 12.5 Å². The van der Waals surface area contributed by atoms with Crippen LogP contribution >= 0.6 is 0 Å². The van der Waals surface area contributed by atoms with E-state index in [4.69, 9.17) is 0 Å². The van der Waals surface area contributed by atoms with Crippen molar-refractivity contribution in [2.75, 3.05) is 6.54 Å².